The lowest BCUT2D eigenvalue weighted by Crippen LogP contribution is -2.07. The molecule has 1 aromatic rings. The van der Waals surface area contributed by atoms with Gasteiger partial charge in [-0.1, -0.05) is 0 Å². The van der Waals surface area contributed by atoms with Crippen molar-refractivity contribution < 1.29 is 9.13 Å². The molecule has 13 heavy (non-hydrogen) atoms. The molecule has 0 radical (unpaired) electrons. The summed E-state index contributed by atoms with van der Waals surface area (Å²) in [6.07, 6.45) is 1.63. The third-order valence-corrected chi connectivity index (χ3v) is 2.56. The van der Waals surface area contributed by atoms with Crippen LogP contribution in [0.1, 0.15) is 23.6 Å². The predicted octanol–water partition coefficient (Wildman–Crippen LogP) is 1.78. The summed E-state index contributed by atoms with van der Waals surface area (Å²) < 4.78 is 18.5. The molecule has 0 bridgehead atoms. The second kappa shape index (κ2) is 3.00. The van der Waals surface area contributed by atoms with Crippen molar-refractivity contribution in [2.45, 2.75) is 18.9 Å². The molecule has 3 heteroatoms. The van der Waals surface area contributed by atoms with Crippen molar-refractivity contribution in [3.8, 4) is 5.75 Å². The molecular weight excluding hydrogens is 169 g/mol. The van der Waals surface area contributed by atoms with Crippen molar-refractivity contribution in [2.75, 3.05) is 7.11 Å². The normalized spacial score (nSPS) is 20.1. The van der Waals surface area contributed by atoms with Crippen LogP contribution in [0.25, 0.3) is 0 Å². The van der Waals surface area contributed by atoms with Crippen molar-refractivity contribution in [1.82, 2.24) is 0 Å². The number of fused-ring (bicyclic) bond motifs is 1. The van der Waals surface area contributed by atoms with Crippen molar-refractivity contribution in [3.05, 3.63) is 29.1 Å². The largest absolute Gasteiger partial charge is 0.496 e. The fourth-order valence-electron chi connectivity index (χ4n) is 1.91. The second-order valence-electron chi connectivity index (χ2n) is 3.29. The van der Waals surface area contributed by atoms with E-state index in [4.69, 9.17) is 10.5 Å². The number of methoxy groups -OCH3 is 1. The SMILES string of the molecule is COc1ccc(F)c2c1CC[C@@H]2N. The number of hydrogen-bond donors (Lipinski definition) is 1. The molecule has 0 amide bonds. The lowest BCUT2D eigenvalue weighted by molar-refractivity contribution is 0.409. The maximum atomic E-state index is 13.3. The van der Waals surface area contributed by atoms with Gasteiger partial charge in [0.05, 0.1) is 7.11 Å². The van der Waals surface area contributed by atoms with E-state index >= 15 is 0 Å². The van der Waals surface area contributed by atoms with E-state index in [1.807, 2.05) is 0 Å². The summed E-state index contributed by atoms with van der Waals surface area (Å²) in [4.78, 5) is 0. The Morgan fingerprint density at radius 3 is 3.00 bits per heavy atom. The molecule has 1 aliphatic rings. The van der Waals surface area contributed by atoms with Gasteiger partial charge < -0.3 is 10.5 Å². The Labute approximate surface area is 76.5 Å². The van der Waals surface area contributed by atoms with Crippen molar-refractivity contribution >= 4 is 0 Å². The Hall–Kier alpha value is -1.09. The number of halogens is 1. The van der Waals surface area contributed by atoms with E-state index < -0.39 is 0 Å². The van der Waals surface area contributed by atoms with Crippen LogP contribution in [0.4, 0.5) is 4.39 Å². The molecule has 0 aliphatic heterocycles. The highest BCUT2D eigenvalue weighted by molar-refractivity contribution is 5.45. The first-order valence-electron chi connectivity index (χ1n) is 4.35. The number of nitrogens with two attached hydrogens (primary N) is 1. The average Bonchev–Trinajstić information content (AvgIpc) is 2.50. The van der Waals surface area contributed by atoms with Crippen LogP contribution < -0.4 is 10.5 Å². The van der Waals surface area contributed by atoms with Crippen LogP contribution in [0.5, 0.6) is 5.75 Å². The Morgan fingerprint density at radius 2 is 2.31 bits per heavy atom. The van der Waals surface area contributed by atoms with Crippen molar-refractivity contribution in [1.29, 1.82) is 0 Å². The lowest BCUT2D eigenvalue weighted by atomic mass is 10.1. The van der Waals surface area contributed by atoms with Gasteiger partial charge in [-0.3, -0.25) is 0 Å². The zero-order valence-electron chi connectivity index (χ0n) is 7.51. The molecule has 0 saturated carbocycles. The summed E-state index contributed by atoms with van der Waals surface area (Å²) in [5.74, 6) is 0.546. The molecule has 2 nitrogen and oxygen atoms in total. The highest BCUT2D eigenvalue weighted by Gasteiger charge is 2.25. The molecule has 0 spiro atoms. The topological polar surface area (TPSA) is 35.2 Å². The Balaban J connectivity index is 2.59. The first kappa shape index (κ1) is 8.51. The van der Waals surface area contributed by atoms with Gasteiger partial charge in [0, 0.05) is 17.2 Å². The number of rotatable bonds is 1. The van der Waals surface area contributed by atoms with Gasteiger partial charge in [-0.25, -0.2) is 4.39 Å². The summed E-state index contributed by atoms with van der Waals surface area (Å²) in [6, 6.07) is 2.92. The van der Waals surface area contributed by atoms with E-state index in [2.05, 4.69) is 0 Å². The lowest BCUT2D eigenvalue weighted by Gasteiger charge is -2.09. The zero-order valence-corrected chi connectivity index (χ0v) is 7.51. The van der Waals surface area contributed by atoms with Crippen molar-refractivity contribution in [2.24, 2.45) is 5.73 Å². The Bertz CT molecular complexity index is 338. The maximum absolute atomic E-state index is 13.3. The van der Waals surface area contributed by atoms with E-state index in [9.17, 15) is 4.39 Å². The molecule has 0 heterocycles. The van der Waals surface area contributed by atoms with Gasteiger partial charge in [0.1, 0.15) is 11.6 Å². The predicted molar refractivity (Wildman–Crippen MR) is 48.2 cm³/mol. The minimum atomic E-state index is -0.208. The van der Waals surface area contributed by atoms with Crippen molar-refractivity contribution in [3.63, 3.8) is 0 Å². The summed E-state index contributed by atoms with van der Waals surface area (Å²) in [5.41, 5.74) is 7.35. The smallest absolute Gasteiger partial charge is 0.128 e. The maximum Gasteiger partial charge on any atom is 0.128 e. The Kier molecular flexibility index (Phi) is 1.96. The molecular formula is C10H12FNO. The molecule has 1 atom stereocenters. The third kappa shape index (κ3) is 1.20. The van der Waals surface area contributed by atoms with E-state index in [1.165, 1.54) is 6.07 Å². The molecule has 1 aromatic carbocycles. The van der Waals surface area contributed by atoms with E-state index in [-0.39, 0.29) is 11.9 Å². The molecule has 2 rings (SSSR count). The van der Waals surface area contributed by atoms with Crippen LogP contribution in [-0.4, -0.2) is 7.11 Å². The average molecular weight is 181 g/mol. The van der Waals surface area contributed by atoms with Gasteiger partial charge in [-0.15, -0.1) is 0 Å². The number of benzene rings is 1. The molecule has 70 valence electrons. The van der Waals surface area contributed by atoms with E-state index in [0.29, 0.717) is 5.56 Å². The van der Waals surface area contributed by atoms with Crippen LogP contribution >= 0.6 is 0 Å². The summed E-state index contributed by atoms with van der Waals surface area (Å²) in [5, 5.41) is 0. The van der Waals surface area contributed by atoms with Gasteiger partial charge >= 0.3 is 0 Å². The van der Waals surface area contributed by atoms with Gasteiger partial charge in [-0.2, -0.15) is 0 Å². The fourth-order valence-corrected chi connectivity index (χ4v) is 1.91. The molecule has 2 N–H and O–H groups in total. The second-order valence-corrected chi connectivity index (χ2v) is 3.29. The summed E-state index contributed by atoms with van der Waals surface area (Å²) in [7, 11) is 1.59. The highest BCUT2D eigenvalue weighted by Crippen LogP contribution is 2.37. The molecule has 1 aliphatic carbocycles. The molecule has 0 fully saturated rings. The van der Waals surface area contributed by atoms with Crippen LogP contribution in [-0.2, 0) is 6.42 Å². The summed E-state index contributed by atoms with van der Waals surface area (Å²) in [6.45, 7) is 0. The van der Waals surface area contributed by atoms with Gasteiger partial charge in [0.15, 0.2) is 0 Å². The van der Waals surface area contributed by atoms with E-state index in [0.717, 1.165) is 24.2 Å². The highest BCUT2D eigenvalue weighted by atomic mass is 19.1. The van der Waals surface area contributed by atoms with E-state index in [1.54, 1.807) is 13.2 Å². The third-order valence-electron chi connectivity index (χ3n) is 2.56. The minimum Gasteiger partial charge on any atom is -0.496 e. The van der Waals surface area contributed by atoms with Gasteiger partial charge in [0.2, 0.25) is 0 Å². The summed E-state index contributed by atoms with van der Waals surface area (Å²) >= 11 is 0. The molecule has 0 saturated heterocycles. The standard InChI is InChI=1S/C10H12FNO/c1-13-9-5-3-7(11)10-6(9)2-4-8(10)12/h3,5,8H,2,4,12H2,1H3/t8-/m0/s1. The molecule has 0 unspecified atom stereocenters. The first-order chi connectivity index (χ1) is 6.24. The first-order valence-corrected chi connectivity index (χ1v) is 4.35. The quantitative estimate of drug-likeness (QED) is 0.716. The monoisotopic (exact) mass is 181 g/mol. The van der Waals surface area contributed by atoms with Gasteiger partial charge in [0.25, 0.3) is 0 Å². The zero-order chi connectivity index (χ0) is 9.42. The van der Waals surface area contributed by atoms with Crippen LogP contribution in [0, 0.1) is 5.82 Å². The fraction of sp³-hybridized carbons (Fsp3) is 0.400. The van der Waals surface area contributed by atoms with Crippen LogP contribution in [0.15, 0.2) is 12.1 Å². The number of ether oxygens (including phenoxy) is 1. The molecule has 0 aromatic heterocycles. The Morgan fingerprint density at radius 1 is 1.54 bits per heavy atom. The van der Waals surface area contributed by atoms with Gasteiger partial charge in [-0.05, 0) is 25.0 Å². The van der Waals surface area contributed by atoms with Crippen LogP contribution in [0.3, 0.4) is 0 Å². The van der Waals surface area contributed by atoms with Crippen LogP contribution in [0.2, 0.25) is 0 Å². The number of hydrogen-bond acceptors (Lipinski definition) is 2. The minimum absolute atomic E-state index is 0.162.